The van der Waals surface area contributed by atoms with E-state index < -0.39 is 11.7 Å². The quantitative estimate of drug-likeness (QED) is 0.518. The largest absolute Gasteiger partial charge is 0.497 e. The van der Waals surface area contributed by atoms with Gasteiger partial charge in [-0.25, -0.2) is 4.99 Å². The lowest BCUT2D eigenvalue weighted by molar-refractivity contribution is -0.138. The topological polar surface area (TPSA) is 24.8 Å². The average Bonchev–Trinajstić information content (AvgIpc) is 2.61. The molecule has 0 unspecified atom stereocenters. The minimum atomic E-state index is -4.38. The van der Waals surface area contributed by atoms with Crippen LogP contribution in [0.2, 0.25) is 0 Å². The number of nitrogens with zero attached hydrogens (tertiary/aromatic N) is 2. The number of rotatable bonds is 6. The minimum absolute atomic E-state index is 0.158. The van der Waals surface area contributed by atoms with Crippen molar-refractivity contribution in [2.24, 2.45) is 4.99 Å². The third-order valence-electron chi connectivity index (χ3n) is 4.29. The Labute approximate surface area is 152 Å². The summed E-state index contributed by atoms with van der Waals surface area (Å²) in [6, 6.07) is 9.20. The molecule has 0 fully saturated rings. The van der Waals surface area contributed by atoms with Gasteiger partial charge in [-0.1, -0.05) is 18.2 Å². The van der Waals surface area contributed by atoms with Crippen molar-refractivity contribution in [1.82, 2.24) is 4.90 Å². The maximum atomic E-state index is 13.3. The van der Waals surface area contributed by atoms with Crippen LogP contribution in [-0.4, -0.2) is 31.9 Å². The van der Waals surface area contributed by atoms with Crippen molar-refractivity contribution in [2.45, 2.75) is 26.4 Å². The minimum Gasteiger partial charge on any atom is -0.497 e. The van der Waals surface area contributed by atoms with E-state index in [0.717, 1.165) is 23.7 Å². The van der Waals surface area contributed by atoms with Crippen molar-refractivity contribution in [3.8, 4) is 5.75 Å². The molecule has 0 radical (unpaired) electrons. The van der Waals surface area contributed by atoms with E-state index in [1.807, 2.05) is 25.8 Å². The standard InChI is InChI=1S/C20H23F3N2O/c1-5-25(3)13-24-19-12-17(26-4)11-16(14(19)2)10-15-8-6-7-9-18(15)20(21,22)23/h6-9,11-13H,5,10H2,1-4H3. The molecule has 0 amide bonds. The Bertz CT molecular complexity index is 785. The Morgan fingerprint density at radius 3 is 2.46 bits per heavy atom. The number of hydrogen-bond donors (Lipinski definition) is 0. The van der Waals surface area contributed by atoms with Crippen LogP contribution in [0.25, 0.3) is 0 Å². The zero-order chi connectivity index (χ0) is 19.3. The van der Waals surface area contributed by atoms with Gasteiger partial charge in [0.2, 0.25) is 0 Å². The van der Waals surface area contributed by atoms with E-state index >= 15 is 0 Å². The summed E-state index contributed by atoms with van der Waals surface area (Å²) in [6.45, 7) is 4.67. The van der Waals surface area contributed by atoms with Gasteiger partial charge in [0.15, 0.2) is 0 Å². The second-order valence-corrected chi connectivity index (χ2v) is 6.08. The Morgan fingerprint density at radius 2 is 1.85 bits per heavy atom. The van der Waals surface area contributed by atoms with E-state index in [1.165, 1.54) is 19.2 Å². The Balaban J connectivity index is 2.46. The summed E-state index contributed by atoms with van der Waals surface area (Å²) in [5.74, 6) is 0.571. The van der Waals surface area contributed by atoms with Gasteiger partial charge < -0.3 is 9.64 Å². The number of hydrogen-bond acceptors (Lipinski definition) is 2. The van der Waals surface area contributed by atoms with Gasteiger partial charge in [0, 0.05) is 19.7 Å². The molecule has 0 spiro atoms. The molecule has 2 aromatic rings. The predicted molar refractivity (Wildman–Crippen MR) is 98.4 cm³/mol. The van der Waals surface area contributed by atoms with Crippen LogP contribution >= 0.6 is 0 Å². The second kappa shape index (κ2) is 8.25. The van der Waals surface area contributed by atoms with Crippen LogP contribution < -0.4 is 4.74 Å². The summed E-state index contributed by atoms with van der Waals surface area (Å²) in [5, 5.41) is 0. The molecule has 0 bridgehead atoms. The monoisotopic (exact) mass is 364 g/mol. The molecule has 2 aromatic carbocycles. The van der Waals surface area contributed by atoms with Crippen molar-refractivity contribution in [1.29, 1.82) is 0 Å². The van der Waals surface area contributed by atoms with Crippen LogP contribution in [0.3, 0.4) is 0 Å². The van der Waals surface area contributed by atoms with E-state index in [1.54, 1.807) is 24.5 Å². The van der Waals surface area contributed by atoms with Gasteiger partial charge >= 0.3 is 6.18 Å². The van der Waals surface area contributed by atoms with E-state index in [2.05, 4.69) is 4.99 Å². The molecule has 0 saturated heterocycles. The van der Waals surface area contributed by atoms with Gasteiger partial charge in [-0.15, -0.1) is 0 Å². The number of methoxy groups -OCH3 is 1. The highest BCUT2D eigenvalue weighted by Gasteiger charge is 2.32. The van der Waals surface area contributed by atoms with E-state index in [4.69, 9.17) is 4.74 Å². The molecule has 6 heteroatoms. The van der Waals surface area contributed by atoms with Gasteiger partial charge in [-0.2, -0.15) is 13.2 Å². The molecule has 0 aliphatic carbocycles. The van der Waals surface area contributed by atoms with Crippen molar-refractivity contribution in [3.05, 3.63) is 58.7 Å². The molecular weight excluding hydrogens is 341 g/mol. The number of alkyl halides is 3. The fourth-order valence-electron chi connectivity index (χ4n) is 2.56. The zero-order valence-electron chi connectivity index (χ0n) is 15.4. The van der Waals surface area contributed by atoms with Crippen molar-refractivity contribution in [3.63, 3.8) is 0 Å². The number of halogens is 3. The van der Waals surface area contributed by atoms with Gasteiger partial charge in [0.1, 0.15) is 5.75 Å². The third kappa shape index (κ3) is 4.77. The van der Waals surface area contributed by atoms with Crippen molar-refractivity contribution >= 4 is 12.0 Å². The fraction of sp³-hybridized carbons (Fsp3) is 0.350. The molecule has 140 valence electrons. The maximum absolute atomic E-state index is 13.3. The highest BCUT2D eigenvalue weighted by atomic mass is 19.4. The SMILES string of the molecule is CCN(C)C=Nc1cc(OC)cc(Cc2ccccc2C(F)(F)F)c1C. The van der Waals surface area contributed by atoms with Gasteiger partial charge in [0.05, 0.1) is 24.7 Å². The first kappa shape index (κ1) is 19.8. The average molecular weight is 364 g/mol. The molecule has 2 rings (SSSR count). The Kier molecular flexibility index (Phi) is 6.29. The molecule has 0 heterocycles. The summed E-state index contributed by atoms with van der Waals surface area (Å²) >= 11 is 0. The number of benzene rings is 2. The van der Waals surface area contributed by atoms with Crippen molar-refractivity contribution in [2.75, 3.05) is 20.7 Å². The molecule has 0 saturated carbocycles. The lowest BCUT2D eigenvalue weighted by Gasteiger charge is -2.16. The summed E-state index contributed by atoms with van der Waals surface area (Å²) in [7, 11) is 3.43. The van der Waals surface area contributed by atoms with Crippen LogP contribution in [0.4, 0.5) is 18.9 Å². The van der Waals surface area contributed by atoms with E-state index in [9.17, 15) is 13.2 Å². The summed E-state index contributed by atoms with van der Waals surface area (Å²) < 4.78 is 45.1. The Morgan fingerprint density at radius 1 is 1.15 bits per heavy atom. The highest BCUT2D eigenvalue weighted by Crippen LogP contribution is 2.35. The highest BCUT2D eigenvalue weighted by molar-refractivity contribution is 5.65. The van der Waals surface area contributed by atoms with Crippen LogP contribution in [0.1, 0.15) is 29.2 Å². The van der Waals surface area contributed by atoms with Gasteiger partial charge in [-0.3, -0.25) is 0 Å². The normalized spacial score (nSPS) is 11.8. The first-order valence-electron chi connectivity index (χ1n) is 8.33. The first-order valence-corrected chi connectivity index (χ1v) is 8.33. The van der Waals surface area contributed by atoms with Crippen LogP contribution in [0, 0.1) is 6.92 Å². The predicted octanol–water partition coefficient (Wildman–Crippen LogP) is 5.22. The molecular formula is C20H23F3N2O. The fourth-order valence-corrected chi connectivity index (χ4v) is 2.56. The molecule has 0 atom stereocenters. The summed E-state index contributed by atoms with van der Waals surface area (Å²) in [4.78, 5) is 6.37. The van der Waals surface area contributed by atoms with E-state index in [-0.39, 0.29) is 12.0 Å². The van der Waals surface area contributed by atoms with Crippen LogP contribution in [0.15, 0.2) is 41.4 Å². The molecule has 0 N–H and O–H groups in total. The second-order valence-electron chi connectivity index (χ2n) is 6.08. The zero-order valence-corrected chi connectivity index (χ0v) is 15.4. The van der Waals surface area contributed by atoms with Crippen LogP contribution in [0.5, 0.6) is 5.75 Å². The summed E-state index contributed by atoms with van der Waals surface area (Å²) in [5.41, 5.74) is 1.90. The third-order valence-corrected chi connectivity index (χ3v) is 4.29. The van der Waals surface area contributed by atoms with Gasteiger partial charge in [-0.05, 0) is 49.1 Å². The first-order chi connectivity index (χ1) is 12.3. The summed E-state index contributed by atoms with van der Waals surface area (Å²) in [6.07, 6.45) is -2.52. The van der Waals surface area contributed by atoms with Gasteiger partial charge in [0.25, 0.3) is 0 Å². The molecule has 26 heavy (non-hydrogen) atoms. The molecule has 3 nitrogen and oxygen atoms in total. The number of aliphatic imine (C=N–C) groups is 1. The molecule has 0 aromatic heterocycles. The maximum Gasteiger partial charge on any atom is 0.416 e. The van der Waals surface area contributed by atoms with Crippen molar-refractivity contribution < 1.29 is 17.9 Å². The lowest BCUT2D eigenvalue weighted by atomic mass is 9.95. The Hall–Kier alpha value is -2.50. The van der Waals surface area contributed by atoms with E-state index in [0.29, 0.717) is 11.4 Å². The number of ether oxygens (including phenoxy) is 1. The smallest absolute Gasteiger partial charge is 0.416 e. The molecule has 0 aliphatic heterocycles. The lowest BCUT2D eigenvalue weighted by Crippen LogP contribution is -2.14. The molecule has 0 aliphatic rings. The van der Waals surface area contributed by atoms with Crippen LogP contribution in [-0.2, 0) is 12.6 Å².